The summed E-state index contributed by atoms with van der Waals surface area (Å²) in [4.78, 5) is 11.7. The second-order valence-corrected chi connectivity index (χ2v) is 3.62. The van der Waals surface area contributed by atoms with Crippen molar-refractivity contribution in [3.63, 3.8) is 0 Å². The van der Waals surface area contributed by atoms with Crippen molar-refractivity contribution in [2.75, 3.05) is 5.32 Å². The molecule has 1 aromatic rings. The van der Waals surface area contributed by atoms with E-state index in [1.54, 1.807) is 25.1 Å². The van der Waals surface area contributed by atoms with Crippen molar-refractivity contribution in [1.29, 1.82) is 0 Å². The van der Waals surface area contributed by atoms with Crippen LogP contribution >= 0.6 is 0 Å². The molecule has 0 bridgehead atoms. The Morgan fingerprint density at radius 1 is 1.44 bits per heavy atom. The van der Waals surface area contributed by atoms with Gasteiger partial charge in [0.1, 0.15) is 5.75 Å². The predicted octanol–water partition coefficient (Wildman–Crippen LogP) is 3.58. The molecule has 0 atom stereocenters. The van der Waals surface area contributed by atoms with E-state index in [2.05, 4.69) is 10.1 Å². The van der Waals surface area contributed by atoms with Crippen molar-refractivity contribution < 1.29 is 18.3 Å². The van der Waals surface area contributed by atoms with Gasteiger partial charge in [0.15, 0.2) is 0 Å². The fraction of sp³-hybridized carbons (Fsp3) is 0.308. The maximum Gasteiger partial charge on any atom is 0.387 e. The first kappa shape index (κ1) is 14.2. The Labute approximate surface area is 104 Å². The third-order valence-corrected chi connectivity index (χ3v) is 2.22. The van der Waals surface area contributed by atoms with Gasteiger partial charge in [0, 0.05) is 5.57 Å². The summed E-state index contributed by atoms with van der Waals surface area (Å²) in [6.45, 7) is 0.649. The number of benzene rings is 1. The molecule has 1 amide bonds. The Kier molecular flexibility index (Phi) is 5.30. The molecule has 1 aromatic carbocycles. The minimum Gasteiger partial charge on any atom is -0.433 e. The third-order valence-electron chi connectivity index (χ3n) is 2.22. The molecule has 3 nitrogen and oxygen atoms in total. The van der Waals surface area contributed by atoms with E-state index in [1.165, 1.54) is 12.1 Å². The molecule has 98 valence electrons. The number of carbonyl (C=O) groups is 1. The lowest BCUT2D eigenvalue weighted by molar-refractivity contribution is -0.112. The van der Waals surface area contributed by atoms with Gasteiger partial charge in [0.05, 0.1) is 5.69 Å². The van der Waals surface area contributed by atoms with Crippen LogP contribution in [0.1, 0.15) is 20.3 Å². The van der Waals surface area contributed by atoms with Crippen LogP contribution in [0.3, 0.4) is 0 Å². The zero-order valence-corrected chi connectivity index (χ0v) is 10.2. The molecular weight excluding hydrogens is 240 g/mol. The van der Waals surface area contributed by atoms with Crippen LogP contribution in [0.15, 0.2) is 35.9 Å². The molecule has 0 aliphatic carbocycles. The second-order valence-electron chi connectivity index (χ2n) is 3.62. The normalized spacial score (nSPS) is 11.5. The van der Waals surface area contributed by atoms with Crippen molar-refractivity contribution >= 4 is 11.6 Å². The van der Waals surface area contributed by atoms with Gasteiger partial charge in [-0.05, 0) is 25.5 Å². The van der Waals surface area contributed by atoms with Gasteiger partial charge in [-0.2, -0.15) is 8.78 Å². The van der Waals surface area contributed by atoms with E-state index < -0.39 is 6.61 Å². The van der Waals surface area contributed by atoms with Crippen LogP contribution in [0.2, 0.25) is 0 Å². The number of anilines is 1. The number of allylic oxidation sites excluding steroid dienone is 1. The summed E-state index contributed by atoms with van der Waals surface area (Å²) in [5, 5.41) is 2.53. The number of alkyl halides is 2. The molecule has 18 heavy (non-hydrogen) atoms. The molecule has 1 rings (SSSR count). The summed E-state index contributed by atoms with van der Waals surface area (Å²) >= 11 is 0. The summed E-state index contributed by atoms with van der Waals surface area (Å²) in [5.74, 6) is -0.382. The van der Waals surface area contributed by atoms with Crippen LogP contribution < -0.4 is 10.1 Å². The molecule has 0 aliphatic heterocycles. The zero-order chi connectivity index (χ0) is 13.5. The molecule has 5 heteroatoms. The van der Waals surface area contributed by atoms with Crippen molar-refractivity contribution in [3.05, 3.63) is 35.9 Å². The summed E-state index contributed by atoms with van der Waals surface area (Å²) in [6.07, 6.45) is 2.49. The Morgan fingerprint density at radius 3 is 2.72 bits per heavy atom. The summed E-state index contributed by atoms with van der Waals surface area (Å²) in [7, 11) is 0. The highest BCUT2D eigenvalue weighted by Gasteiger charge is 2.11. The highest BCUT2D eigenvalue weighted by Crippen LogP contribution is 2.25. The van der Waals surface area contributed by atoms with E-state index in [0.717, 1.165) is 6.42 Å². The van der Waals surface area contributed by atoms with Crippen molar-refractivity contribution in [3.8, 4) is 5.75 Å². The predicted molar refractivity (Wildman–Crippen MR) is 65.8 cm³/mol. The number of amides is 1. The molecule has 0 aromatic heterocycles. The van der Waals surface area contributed by atoms with Gasteiger partial charge in [-0.3, -0.25) is 4.79 Å². The largest absolute Gasteiger partial charge is 0.433 e. The van der Waals surface area contributed by atoms with Gasteiger partial charge >= 0.3 is 6.61 Å². The zero-order valence-electron chi connectivity index (χ0n) is 10.2. The van der Waals surface area contributed by atoms with Gasteiger partial charge in [-0.25, -0.2) is 0 Å². The highest BCUT2D eigenvalue weighted by atomic mass is 19.3. The fourth-order valence-electron chi connectivity index (χ4n) is 1.39. The lowest BCUT2D eigenvalue weighted by Crippen LogP contribution is -2.14. The molecule has 0 spiro atoms. The Balaban J connectivity index is 2.84. The Bertz CT molecular complexity index is 444. The van der Waals surface area contributed by atoms with E-state index >= 15 is 0 Å². The number of rotatable bonds is 5. The first-order chi connectivity index (χ1) is 8.54. The lowest BCUT2D eigenvalue weighted by Gasteiger charge is -2.11. The standard InChI is InChI=1S/C13H15F2NO2/c1-3-6-9(2)12(17)16-10-7-4-5-8-11(10)18-13(14)15/h4-8,13H,3H2,1-2H3,(H,16,17)/b9-6-. The monoisotopic (exact) mass is 255 g/mol. The van der Waals surface area contributed by atoms with Gasteiger partial charge < -0.3 is 10.1 Å². The maximum absolute atomic E-state index is 12.2. The number of ether oxygens (including phenoxy) is 1. The Morgan fingerprint density at radius 2 is 2.11 bits per heavy atom. The third kappa shape index (κ3) is 4.16. The van der Waals surface area contributed by atoms with E-state index in [-0.39, 0.29) is 17.3 Å². The lowest BCUT2D eigenvalue weighted by atomic mass is 10.2. The topological polar surface area (TPSA) is 38.3 Å². The van der Waals surface area contributed by atoms with Crippen molar-refractivity contribution in [2.24, 2.45) is 0 Å². The molecule has 0 saturated heterocycles. The average Bonchev–Trinajstić information content (AvgIpc) is 2.31. The van der Waals surface area contributed by atoms with E-state index in [4.69, 9.17) is 0 Å². The summed E-state index contributed by atoms with van der Waals surface area (Å²) in [6, 6.07) is 6.07. The molecule has 0 aliphatic rings. The average molecular weight is 255 g/mol. The number of nitrogens with one attached hydrogen (secondary N) is 1. The van der Waals surface area contributed by atoms with E-state index in [1.807, 2.05) is 6.92 Å². The van der Waals surface area contributed by atoms with Crippen molar-refractivity contribution in [2.45, 2.75) is 26.9 Å². The molecule has 0 radical (unpaired) electrons. The number of hydrogen-bond donors (Lipinski definition) is 1. The van der Waals surface area contributed by atoms with E-state index in [0.29, 0.717) is 5.57 Å². The van der Waals surface area contributed by atoms with Crippen LogP contribution in [0, 0.1) is 0 Å². The number of para-hydroxylation sites is 2. The summed E-state index contributed by atoms with van der Waals surface area (Å²) in [5.41, 5.74) is 0.760. The molecule has 0 fully saturated rings. The quantitative estimate of drug-likeness (QED) is 0.816. The van der Waals surface area contributed by atoms with Crippen LogP contribution in [0.5, 0.6) is 5.75 Å². The van der Waals surface area contributed by atoms with Gasteiger partial charge in [0.2, 0.25) is 0 Å². The van der Waals surface area contributed by atoms with Crippen molar-refractivity contribution in [1.82, 2.24) is 0 Å². The minimum absolute atomic E-state index is 0.0508. The van der Waals surface area contributed by atoms with Gasteiger partial charge in [-0.1, -0.05) is 25.1 Å². The van der Waals surface area contributed by atoms with Gasteiger partial charge in [-0.15, -0.1) is 0 Å². The van der Waals surface area contributed by atoms with Crippen LogP contribution in [-0.4, -0.2) is 12.5 Å². The van der Waals surface area contributed by atoms with E-state index in [9.17, 15) is 13.6 Å². The van der Waals surface area contributed by atoms with Crippen LogP contribution in [0.4, 0.5) is 14.5 Å². The first-order valence-corrected chi connectivity index (χ1v) is 5.56. The number of hydrogen-bond acceptors (Lipinski definition) is 2. The highest BCUT2D eigenvalue weighted by molar-refractivity contribution is 6.04. The second kappa shape index (κ2) is 6.74. The molecular formula is C13H15F2NO2. The number of halogens is 2. The first-order valence-electron chi connectivity index (χ1n) is 5.56. The molecule has 1 N–H and O–H groups in total. The Hall–Kier alpha value is -1.91. The minimum atomic E-state index is -2.92. The van der Waals surface area contributed by atoms with Gasteiger partial charge in [0.25, 0.3) is 5.91 Å². The van der Waals surface area contributed by atoms with Crippen LogP contribution in [0.25, 0.3) is 0 Å². The summed E-state index contributed by atoms with van der Waals surface area (Å²) < 4.78 is 28.7. The molecule has 0 unspecified atom stereocenters. The molecule has 0 saturated carbocycles. The number of carbonyl (C=O) groups excluding carboxylic acids is 1. The SMILES string of the molecule is CC/C=C(/C)C(=O)Nc1ccccc1OC(F)F. The molecule has 0 heterocycles. The maximum atomic E-state index is 12.2. The van der Waals surface area contributed by atoms with Crippen LogP contribution in [-0.2, 0) is 4.79 Å². The fourth-order valence-corrected chi connectivity index (χ4v) is 1.39. The smallest absolute Gasteiger partial charge is 0.387 e.